The molecule has 3 heterocycles. The van der Waals surface area contributed by atoms with E-state index in [0.717, 1.165) is 16.5 Å². The van der Waals surface area contributed by atoms with Gasteiger partial charge in [0.05, 0.1) is 17.7 Å². The lowest BCUT2D eigenvalue weighted by Gasteiger charge is -2.18. The number of nitrogens with zero attached hydrogens (tertiary/aromatic N) is 2. The third-order valence-corrected chi connectivity index (χ3v) is 6.54. The Labute approximate surface area is 151 Å². The highest BCUT2D eigenvalue weighted by Crippen LogP contribution is 2.29. The van der Waals surface area contributed by atoms with Crippen molar-refractivity contribution in [2.24, 2.45) is 0 Å². The lowest BCUT2D eigenvalue weighted by Crippen LogP contribution is -2.30. The van der Waals surface area contributed by atoms with E-state index in [-0.39, 0.29) is 29.7 Å². The zero-order valence-electron chi connectivity index (χ0n) is 14.0. The first-order valence-corrected chi connectivity index (χ1v) is 10.1. The van der Waals surface area contributed by atoms with E-state index in [2.05, 4.69) is 0 Å². The van der Waals surface area contributed by atoms with E-state index in [9.17, 15) is 18.0 Å². The summed E-state index contributed by atoms with van der Waals surface area (Å²) in [6.45, 7) is 1.23. The van der Waals surface area contributed by atoms with Crippen molar-refractivity contribution in [1.82, 2.24) is 4.90 Å². The summed E-state index contributed by atoms with van der Waals surface area (Å²) < 4.78 is 30.2. The van der Waals surface area contributed by atoms with E-state index in [0.29, 0.717) is 18.7 Å². The monoisotopic (exact) mass is 374 g/mol. The Balaban J connectivity index is 1.49. The van der Waals surface area contributed by atoms with Crippen molar-refractivity contribution < 1.29 is 22.4 Å². The summed E-state index contributed by atoms with van der Waals surface area (Å²) in [4.78, 5) is 26.3. The van der Waals surface area contributed by atoms with Gasteiger partial charge in [0.25, 0.3) is 5.91 Å². The largest absolute Gasteiger partial charge is 0.469 e. The number of likely N-dealkylation sites (tertiary alicyclic amines) is 1. The molecule has 7 nitrogen and oxygen atoms in total. The Morgan fingerprint density at radius 1 is 1.15 bits per heavy atom. The molecule has 0 radical (unpaired) electrons. The van der Waals surface area contributed by atoms with Gasteiger partial charge in [0.1, 0.15) is 5.76 Å². The first kappa shape index (κ1) is 16.8. The number of benzene rings is 1. The van der Waals surface area contributed by atoms with E-state index in [1.54, 1.807) is 23.3 Å². The molecule has 2 aliphatic rings. The molecule has 0 N–H and O–H groups in total. The van der Waals surface area contributed by atoms with E-state index < -0.39 is 15.9 Å². The van der Waals surface area contributed by atoms with Crippen molar-refractivity contribution in [3.8, 4) is 0 Å². The molecule has 2 aromatic rings. The van der Waals surface area contributed by atoms with Gasteiger partial charge in [-0.15, -0.1) is 0 Å². The second-order valence-electron chi connectivity index (χ2n) is 6.52. The normalized spacial score (nSPS) is 22.2. The van der Waals surface area contributed by atoms with Crippen molar-refractivity contribution >= 4 is 27.5 Å². The molecule has 8 heteroatoms. The van der Waals surface area contributed by atoms with Gasteiger partial charge in [-0.2, -0.15) is 0 Å². The molecular formula is C18H18N2O5S. The van der Waals surface area contributed by atoms with Gasteiger partial charge in [0.2, 0.25) is 15.9 Å². The van der Waals surface area contributed by atoms with Gasteiger partial charge in [-0.1, -0.05) is 0 Å². The summed E-state index contributed by atoms with van der Waals surface area (Å²) in [5, 5.41) is 0. The van der Waals surface area contributed by atoms with Crippen LogP contribution in [0.1, 0.15) is 34.9 Å². The standard InChI is InChI=1S/C18H18N2O5S/c21-17-8-11-26(23,24)20(17)15-5-3-13(4-6-15)18(22)19-9-7-14(12-19)16-2-1-10-25-16/h1-6,10,14H,7-9,11-12H2. The summed E-state index contributed by atoms with van der Waals surface area (Å²) in [7, 11) is -3.59. The molecular weight excluding hydrogens is 356 g/mol. The molecule has 0 saturated carbocycles. The lowest BCUT2D eigenvalue weighted by molar-refractivity contribution is -0.116. The van der Waals surface area contributed by atoms with Crippen LogP contribution in [0.5, 0.6) is 0 Å². The van der Waals surface area contributed by atoms with Crippen LogP contribution in [-0.4, -0.2) is 44.0 Å². The molecule has 2 amide bonds. The van der Waals surface area contributed by atoms with Crippen LogP contribution in [0.3, 0.4) is 0 Å². The van der Waals surface area contributed by atoms with Gasteiger partial charge in [0.15, 0.2) is 0 Å². The van der Waals surface area contributed by atoms with Crippen molar-refractivity contribution in [3.63, 3.8) is 0 Å². The Bertz CT molecular complexity index is 934. The topological polar surface area (TPSA) is 87.9 Å². The van der Waals surface area contributed by atoms with Crippen molar-refractivity contribution in [1.29, 1.82) is 0 Å². The Hall–Kier alpha value is -2.61. The maximum Gasteiger partial charge on any atom is 0.253 e. The first-order chi connectivity index (χ1) is 12.5. The highest BCUT2D eigenvalue weighted by Gasteiger charge is 2.36. The molecule has 136 valence electrons. The average Bonchev–Trinajstić information content (AvgIpc) is 3.35. The van der Waals surface area contributed by atoms with E-state index >= 15 is 0 Å². The molecule has 0 spiro atoms. The number of carbonyl (C=O) groups is 2. The Morgan fingerprint density at radius 3 is 2.54 bits per heavy atom. The second-order valence-corrected chi connectivity index (χ2v) is 8.46. The number of hydrogen-bond acceptors (Lipinski definition) is 5. The fourth-order valence-electron chi connectivity index (χ4n) is 3.49. The molecule has 2 saturated heterocycles. The maximum absolute atomic E-state index is 12.7. The molecule has 26 heavy (non-hydrogen) atoms. The van der Waals surface area contributed by atoms with Crippen molar-refractivity contribution in [2.75, 3.05) is 23.1 Å². The van der Waals surface area contributed by atoms with Crippen LogP contribution >= 0.6 is 0 Å². The molecule has 1 aromatic carbocycles. The van der Waals surface area contributed by atoms with Gasteiger partial charge < -0.3 is 9.32 Å². The highest BCUT2D eigenvalue weighted by atomic mass is 32.2. The van der Waals surface area contributed by atoms with Gasteiger partial charge >= 0.3 is 0 Å². The molecule has 2 fully saturated rings. The minimum Gasteiger partial charge on any atom is -0.469 e. The quantitative estimate of drug-likeness (QED) is 0.820. The molecule has 0 aliphatic carbocycles. The smallest absolute Gasteiger partial charge is 0.253 e. The minimum atomic E-state index is -3.59. The number of furan rings is 1. The zero-order chi connectivity index (χ0) is 18.3. The number of amides is 2. The van der Waals surface area contributed by atoms with Gasteiger partial charge in [0, 0.05) is 31.0 Å². The number of hydrogen-bond donors (Lipinski definition) is 0. The number of rotatable bonds is 3. The van der Waals surface area contributed by atoms with Gasteiger partial charge in [-0.25, -0.2) is 12.7 Å². The third-order valence-electron chi connectivity index (χ3n) is 4.85. The van der Waals surface area contributed by atoms with Gasteiger partial charge in [-0.05, 0) is 42.8 Å². The zero-order valence-corrected chi connectivity index (χ0v) is 14.8. The Morgan fingerprint density at radius 2 is 1.92 bits per heavy atom. The number of anilines is 1. The number of sulfonamides is 1. The molecule has 2 aliphatic heterocycles. The SMILES string of the molecule is O=C(c1ccc(N2C(=O)CCS2(=O)=O)cc1)N1CCC(c2ccco2)C1. The second kappa shape index (κ2) is 6.28. The van der Waals surface area contributed by atoms with E-state index in [1.165, 1.54) is 12.1 Å². The van der Waals surface area contributed by atoms with Crippen LogP contribution in [0, 0.1) is 0 Å². The van der Waals surface area contributed by atoms with Crippen LogP contribution in [0.15, 0.2) is 47.1 Å². The fraction of sp³-hybridized carbons (Fsp3) is 0.333. The predicted octanol–water partition coefficient (Wildman–Crippen LogP) is 1.98. The molecule has 1 aromatic heterocycles. The van der Waals surface area contributed by atoms with Crippen LogP contribution < -0.4 is 4.31 Å². The van der Waals surface area contributed by atoms with Gasteiger partial charge in [-0.3, -0.25) is 9.59 Å². The average molecular weight is 374 g/mol. The summed E-state index contributed by atoms with van der Waals surface area (Å²) in [5.74, 6) is 0.356. The number of carbonyl (C=O) groups excluding carboxylic acids is 2. The maximum atomic E-state index is 12.7. The molecule has 4 rings (SSSR count). The van der Waals surface area contributed by atoms with Crippen molar-refractivity contribution in [3.05, 3.63) is 54.0 Å². The van der Waals surface area contributed by atoms with E-state index in [4.69, 9.17) is 4.42 Å². The summed E-state index contributed by atoms with van der Waals surface area (Å²) in [6, 6.07) is 9.91. The van der Waals surface area contributed by atoms with Crippen molar-refractivity contribution in [2.45, 2.75) is 18.8 Å². The summed E-state index contributed by atoms with van der Waals surface area (Å²) >= 11 is 0. The fourth-order valence-corrected chi connectivity index (χ4v) is 4.95. The van der Waals surface area contributed by atoms with Crippen LogP contribution in [-0.2, 0) is 14.8 Å². The lowest BCUT2D eigenvalue weighted by atomic mass is 10.1. The van der Waals surface area contributed by atoms with Crippen LogP contribution in [0.25, 0.3) is 0 Å². The summed E-state index contributed by atoms with van der Waals surface area (Å²) in [6.07, 6.45) is 2.47. The first-order valence-electron chi connectivity index (χ1n) is 8.44. The van der Waals surface area contributed by atoms with Crippen LogP contribution in [0.2, 0.25) is 0 Å². The minimum absolute atomic E-state index is 0.00897. The van der Waals surface area contributed by atoms with E-state index in [1.807, 2.05) is 12.1 Å². The molecule has 1 unspecified atom stereocenters. The highest BCUT2D eigenvalue weighted by molar-refractivity contribution is 7.94. The third kappa shape index (κ3) is 2.90. The molecule has 0 bridgehead atoms. The summed E-state index contributed by atoms with van der Waals surface area (Å²) in [5.41, 5.74) is 0.747. The predicted molar refractivity (Wildman–Crippen MR) is 94.3 cm³/mol. The van der Waals surface area contributed by atoms with Crippen LogP contribution in [0.4, 0.5) is 5.69 Å². The molecule has 1 atom stereocenters. The Kier molecular flexibility index (Phi) is 4.07.